The zero-order valence-corrected chi connectivity index (χ0v) is 14.6. The maximum atomic E-state index is 11.5. The molecule has 2 N–H and O–H groups in total. The van der Waals surface area contributed by atoms with Gasteiger partial charge in [-0.25, -0.2) is 4.79 Å². The van der Waals surface area contributed by atoms with Crippen LogP contribution in [-0.2, 0) is 14.3 Å². The van der Waals surface area contributed by atoms with Crippen LogP contribution in [0.5, 0.6) is 0 Å². The summed E-state index contributed by atoms with van der Waals surface area (Å²) in [5.74, 6) is -0.446. The molecule has 2 rings (SSSR count). The van der Waals surface area contributed by atoms with Gasteiger partial charge in [-0.3, -0.25) is 4.98 Å². The van der Waals surface area contributed by atoms with Crippen molar-refractivity contribution in [3.63, 3.8) is 0 Å². The van der Waals surface area contributed by atoms with Crippen molar-refractivity contribution in [2.75, 3.05) is 19.8 Å². The summed E-state index contributed by atoms with van der Waals surface area (Å²) in [6.45, 7) is 10.5. The number of esters is 1. The molecule has 0 spiro atoms. The fraction of sp³-hybridized carbons (Fsp3) is 0.556. The van der Waals surface area contributed by atoms with Gasteiger partial charge >= 0.3 is 5.97 Å². The van der Waals surface area contributed by atoms with Gasteiger partial charge in [0.1, 0.15) is 5.57 Å². The van der Waals surface area contributed by atoms with E-state index in [-0.39, 0.29) is 0 Å². The van der Waals surface area contributed by atoms with E-state index in [2.05, 4.69) is 18.8 Å². The Hall–Kier alpha value is -1.88. The summed E-state index contributed by atoms with van der Waals surface area (Å²) in [5.41, 5.74) is 7.81. The molecule has 2 heterocycles. The lowest BCUT2D eigenvalue weighted by Crippen LogP contribution is -2.41. The normalized spacial score (nSPS) is 15.9. The minimum atomic E-state index is -0.446. The van der Waals surface area contributed by atoms with E-state index >= 15 is 0 Å². The van der Waals surface area contributed by atoms with Gasteiger partial charge in [-0.15, -0.1) is 0 Å². The van der Waals surface area contributed by atoms with Crippen LogP contribution >= 0.6 is 0 Å². The van der Waals surface area contributed by atoms with Crippen LogP contribution < -0.4 is 5.73 Å². The second-order valence-electron chi connectivity index (χ2n) is 5.72. The number of rotatable bonds is 5. The summed E-state index contributed by atoms with van der Waals surface area (Å²) in [4.78, 5) is 15.5. The van der Waals surface area contributed by atoms with Crippen LogP contribution in [0, 0.1) is 12.3 Å². The van der Waals surface area contributed by atoms with Gasteiger partial charge in [0.15, 0.2) is 0 Å². The minimum Gasteiger partial charge on any atom is -0.462 e. The first kappa shape index (κ1) is 19.2. The number of nitrogens with two attached hydrogens (primary N) is 1. The predicted octanol–water partition coefficient (Wildman–Crippen LogP) is 3.08. The van der Waals surface area contributed by atoms with E-state index in [1.807, 2.05) is 13.0 Å². The molecule has 1 aliphatic rings. The summed E-state index contributed by atoms with van der Waals surface area (Å²) in [5, 5.41) is 0. The van der Waals surface area contributed by atoms with Crippen molar-refractivity contribution < 1.29 is 14.3 Å². The molecule has 5 nitrogen and oxygen atoms in total. The molecule has 0 unspecified atom stereocenters. The number of carbonyl (C=O) groups excluding carboxylic acids is 1. The molecule has 0 aliphatic carbocycles. The van der Waals surface area contributed by atoms with Crippen LogP contribution in [0.25, 0.3) is 5.57 Å². The van der Waals surface area contributed by atoms with Crippen molar-refractivity contribution in [2.45, 2.75) is 40.5 Å². The molecule has 1 fully saturated rings. The Kier molecular flexibility index (Phi) is 7.75. The number of hydrogen-bond acceptors (Lipinski definition) is 5. The number of nitrogens with zero attached hydrogens (tertiary/aromatic N) is 1. The van der Waals surface area contributed by atoms with Gasteiger partial charge in [0.2, 0.25) is 0 Å². The number of pyridine rings is 1. The molecule has 1 aromatic rings. The molecule has 0 aromatic carbocycles. The summed E-state index contributed by atoms with van der Waals surface area (Å²) in [7, 11) is 0. The molecule has 128 valence electrons. The molecule has 0 bridgehead atoms. The molecule has 1 saturated heterocycles. The van der Waals surface area contributed by atoms with E-state index in [4.69, 9.17) is 15.2 Å². The maximum absolute atomic E-state index is 11.5. The summed E-state index contributed by atoms with van der Waals surface area (Å²) < 4.78 is 9.98. The van der Waals surface area contributed by atoms with Crippen LogP contribution in [0.1, 0.15) is 44.9 Å². The highest BCUT2D eigenvalue weighted by Gasteiger charge is 2.34. The van der Waals surface area contributed by atoms with Gasteiger partial charge < -0.3 is 15.2 Å². The Morgan fingerprint density at radius 3 is 2.39 bits per heavy atom. The SMILES string of the molecule is CCC1(CC)COC1.CCOC(=O)/C(=C/N)c1cc(C)ccn1. The minimum absolute atomic E-state index is 0.292. The number of aryl methyl sites for hydroxylation is 1. The molecular formula is C18H28N2O3. The van der Waals surface area contributed by atoms with Crippen molar-refractivity contribution in [2.24, 2.45) is 11.1 Å². The zero-order chi connectivity index (χ0) is 17.3. The Morgan fingerprint density at radius 1 is 1.39 bits per heavy atom. The third kappa shape index (κ3) is 5.36. The van der Waals surface area contributed by atoms with Gasteiger partial charge in [-0.05, 0) is 44.4 Å². The summed E-state index contributed by atoms with van der Waals surface area (Å²) in [6.07, 6.45) is 5.42. The number of ether oxygens (including phenoxy) is 2. The third-order valence-electron chi connectivity index (χ3n) is 4.17. The molecule has 1 aliphatic heterocycles. The van der Waals surface area contributed by atoms with Crippen molar-refractivity contribution in [1.82, 2.24) is 4.98 Å². The van der Waals surface area contributed by atoms with Gasteiger partial charge in [0.05, 0.1) is 25.5 Å². The van der Waals surface area contributed by atoms with Crippen LogP contribution in [0.15, 0.2) is 24.5 Å². The number of aromatic nitrogens is 1. The monoisotopic (exact) mass is 320 g/mol. The zero-order valence-electron chi connectivity index (χ0n) is 14.6. The lowest BCUT2D eigenvalue weighted by atomic mass is 9.81. The maximum Gasteiger partial charge on any atom is 0.341 e. The second kappa shape index (κ2) is 9.30. The molecule has 0 saturated carbocycles. The molecule has 0 amide bonds. The molecule has 0 radical (unpaired) electrons. The van der Waals surface area contributed by atoms with Gasteiger partial charge in [-0.1, -0.05) is 13.8 Å². The fourth-order valence-corrected chi connectivity index (χ4v) is 2.20. The van der Waals surface area contributed by atoms with Crippen LogP contribution in [0.2, 0.25) is 0 Å². The van der Waals surface area contributed by atoms with Crippen molar-refractivity contribution in [1.29, 1.82) is 0 Å². The molecular weight excluding hydrogens is 292 g/mol. The van der Waals surface area contributed by atoms with Crippen molar-refractivity contribution in [3.8, 4) is 0 Å². The van der Waals surface area contributed by atoms with E-state index in [1.54, 1.807) is 19.2 Å². The highest BCUT2D eigenvalue weighted by atomic mass is 16.5. The standard InChI is InChI=1S/C11H14N2O2.C7H14O/c1-3-15-11(14)9(7-12)10-6-8(2)4-5-13-10;1-3-7(4-2)5-8-6-7/h4-7H,3,12H2,1-2H3;3-6H2,1-2H3/b9-7+;. The van der Waals surface area contributed by atoms with Crippen LogP contribution in [-0.4, -0.2) is 30.8 Å². The van der Waals surface area contributed by atoms with Gasteiger partial charge in [-0.2, -0.15) is 0 Å². The van der Waals surface area contributed by atoms with E-state index < -0.39 is 5.97 Å². The Morgan fingerprint density at radius 2 is 2.04 bits per heavy atom. The van der Waals surface area contributed by atoms with Crippen molar-refractivity contribution >= 4 is 11.5 Å². The summed E-state index contributed by atoms with van der Waals surface area (Å²) in [6, 6.07) is 3.64. The first-order valence-corrected chi connectivity index (χ1v) is 8.11. The quantitative estimate of drug-likeness (QED) is 0.666. The largest absolute Gasteiger partial charge is 0.462 e. The van der Waals surface area contributed by atoms with E-state index in [0.29, 0.717) is 23.3 Å². The molecule has 1 aromatic heterocycles. The second-order valence-corrected chi connectivity index (χ2v) is 5.72. The van der Waals surface area contributed by atoms with E-state index in [9.17, 15) is 4.79 Å². The highest BCUT2D eigenvalue weighted by Crippen LogP contribution is 2.34. The number of hydrogen-bond donors (Lipinski definition) is 1. The highest BCUT2D eigenvalue weighted by molar-refractivity contribution is 6.15. The molecule has 5 heteroatoms. The lowest BCUT2D eigenvalue weighted by Gasteiger charge is -2.39. The fourth-order valence-electron chi connectivity index (χ4n) is 2.20. The van der Waals surface area contributed by atoms with Gasteiger partial charge in [0, 0.05) is 17.8 Å². The van der Waals surface area contributed by atoms with Gasteiger partial charge in [0.25, 0.3) is 0 Å². The summed E-state index contributed by atoms with van der Waals surface area (Å²) >= 11 is 0. The third-order valence-corrected chi connectivity index (χ3v) is 4.17. The van der Waals surface area contributed by atoms with E-state index in [1.165, 1.54) is 19.0 Å². The smallest absolute Gasteiger partial charge is 0.341 e. The Balaban J connectivity index is 0.000000277. The van der Waals surface area contributed by atoms with Crippen molar-refractivity contribution in [3.05, 3.63) is 35.8 Å². The van der Waals surface area contributed by atoms with Crippen LogP contribution in [0.4, 0.5) is 0 Å². The molecule has 23 heavy (non-hydrogen) atoms. The van der Waals surface area contributed by atoms with Crippen LogP contribution in [0.3, 0.4) is 0 Å². The average Bonchev–Trinajstić information content (AvgIpc) is 2.49. The molecule has 0 atom stereocenters. The first-order chi connectivity index (χ1) is 11.0. The average molecular weight is 320 g/mol. The number of carbonyl (C=O) groups is 1. The van der Waals surface area contributed by atoms with E-state index in [0.717, 1.165) is 18.8 Å². The topological polar surface area (TPSA) is 74.4 Å². The first-order valence-electron chi connectivity index (χ1n) is 8.11. The Bertz CT molecular complexity index is 523. The Labute approximate surface area is 138 Å². The lowest BCUT2D eigenvalue weighted by molar-refractivity contribution is -0.136. The predicted molar refractivity (Wildman–Crippen MR) is 91.6 cm³/mol.